The van der Waals surface area contributed by atoms with Crippen LogP contribution in [0, 0.1) is 20.8 Å². The summed E-state index contributed by atoms with van der Waals surface area (Å²) in [4.78, 5) is 0. The summed E-state index contributed by atoms with van der Waals surface area (Å²) in [6.07, 6.45) is 0. The number of rotatable bonds is 3. The Bertz CT molecular complexity index is 585. The molecule has 6 heteroatoms. The minimum Gasteiger partial charge on any atom is -0.435 e. The van der Waals surface area contributed by atoms with Gasteiger partial charge in [-0.05, 0) is 20.8 Å². The number of halogens is 1. The first kappa shape index (κ1) is 13.1. The molecule has 98 valence electrons. The van der Waals surface area contributed by atoms with Gasteiger partial charge in [-0.1, -0.05) is 15.9 Å². The molecule has 0 fully saturated rings. The highest BCUT2D eigenvalue weighted by molar-refractivity contribution is 9.08. The third-order valence-corrected chi connectivity index (χ3v) is 3.62. The zero-order chi connectivity index (χ0) is 13.4. The van der Waals surface area contributed by atoms with Crippen molar-refractivity contribution in [2.24, 2.45) is 14.1 Å². The van der Waals surface area contributed by atoms with Crippen LogP contribution in [0.2, 0.25) is 0 Å². The van der Waals surface area contributed by atoms with Crippen LogP contribution in [-0.4, -0.2) is 19.6 Å². The topological polar surface area (TPSA) is 44.9 Å². The summed E-state index contributed by atoms with van der Waals surface area (Å²) in [5, 5.41) is 9.45. The van der Waals surface area contributed by atoms with E-state index in [0.717, 1.165) is 39.6 Å². The number of aryl methyl sites for hydroxylation is 4. The summed E-state index contributed by atoms with van der Waals surface area (Å²) in [6.45, 7) is 5.91. The zero-order valence-electron chi connectivity index (χ0n) is 11.3. The predicted molar refractivity (Wildman–Crippen MR) is 73.3 cm³/mol. The van der Waals surface area contributed by atoms with E-state index in [2.05, 4.69) is 26.1 Å². The van der Waals surface area contributed by atoms with Crippen molar-refractivity contribution in [2.75, 3.05) is 0 Å². The predicted octanol–water partition coefficient (Wildman–Crippen LogP) is 2.77. The van der Waals surface area contributed by atoms with Gasteiger partial charge in [0.2, 0.25) is 5.88 Å². The van der Waals surface area contributed by atoms with Gasteiger partial charge in [-0.3, -0.25) is 4.68 Å². The molecule has 0 amide bonds. The van der Waals surface area contributed by atoms with E-state index in [1.165, 1.54) is 0 Å². The van der Waals surface area contributed by atoms with E-state index >= 15 is 0 Å². The molecule has 0 aliphatic carbocycles. The van der Waals surface area contributed by atoms with Crippen LogP contribution in [0.25, 0.3) is 0 Å². The Labute approximate surface area is 115 Å². The number of nitrogens with zero attached hydrogens (tertiary/aromatic N) is 4. The normalized spacial score (nSPS) is 11.0. The van der Waals surface area contributed by atoms with Gasteiger partial charge in [0.1, 0.15) is 5.69 Å². The Morgan fingerprint density at radius 3 is 2.17 bits per heavy atom. The fourth-order valence-electron chi connectivity index (χ4n) is 1.96. The number of ether oxygens (including phenoxy) is 1. The van der Waals surface area contributed by atoms with Crippen LogP contribution in [0.15, 0.2) is 0 Å². The maximum Gasteiger partial charge on any atom is 0.222 e. The van der Waals surface area contributed by atoms with Crippen LogP contribution in [-0.2, 0) is 19.4 Å². The van der Waals surface area contributed by atoms with Crippen LogP contribution in [0.1, 0.15) is 22.6 Å². The van der Waals surface area contributed by atoms with Crippen molar-refractivity contribution in [3.63, 3.8) is 0 Å². The Morgan fingerprint density at radius 1 is 1.06 bits per heavy atom. The van der Waals surface area contributed by atoms with Crippen LogP contribution in [0.3, 0.4) is 0 Å². The molecule has 0 bridgehead atoms. The molecule has 2 rings (SSSR count). The highest BCUT2D eigenvalue weighted by atomic mass is 79.9. The van der Waals surface area contributed by atoms with E-state index in [1.54, 1.807) is 4.68 Å². The van der Waals surface area contributed by atoms with E-state index < -0.39 is 0 Å². The summed E-state index contributed by atoms with van der Waals surface area (Å²) in [5.74, 6) is 1.58. The van der Waals surface area contributed by atoms with Crippen molar-refractivity contribution in [2.45, 2.75) is 26.1 Å². The Hall–Kier alpha value is -1.30. The largest absolute Gasteiger partial charge is 0.435 e. The SMILES string of the molecule is Cc1nn(C)c(Oc2c(C)nn(C)c2C)c1CBr. The van der Waals surface area contributed by atoms with Gasteiger partial charge < -0.3 is 4.74 Å². The molecule has 0 aliphatic heterocycles. The molecule has 2 heterocycles. The van der Waals surface area contributed by atoms with Crippen LogP contribution in [0.5, 0.6) is 11.6 Å². The first-order chi connectivity index (χ1) is 8.45. The van der Waals surface area contributed by atoms with E-state index in [1.807, 2.05) is 39.5 Å². The molecule has 0 N–H and O–H groups in total. The Morgan fingerprint density at radius 2 is 1.67 bits per heavy atom. The molecule has 0 atom stereocenters. The molecule has 0 spiro atoms. The van der Waals surface area contributed by atoms with Crippen LogP contribution < -0.4 is 4.74 Å². The maximum atomic E-state index is 6.02. The van der Waals surface area contributed by atoms with Crippen molar-refractivity contribution in [1.29, 1.82) is 0 Å². The molecule has 0 saturated heterocycles. The van der Waals surface area contributed by atoms with Gasteiger partial charge in [0.15, 0.2) is 5.75 Å². The molecule has 2 aromatic heterocycles. The quantitative estimate of drug-likeness (QED) is 0.819. The third kappa shape index (κ3) is 2.05. The molecule has 0 radical (unpaired) electrons. The lowest BCUT2D eigenvalue weighted by Crippen LogP contribution is -1.98. The van der Waals surface area contributed by atoms with Crippen molar-refractivity contribution < 1.29 is 4.74 Å². The van der Waals surface area contributed by atoms with Gasteiger partial charge in [0, 0.05) is 25.0 Å². The van der Waals surface area contributed by atoms with E-state index in [9.17, 15) is 0 Å². The minimum atomic E-state index is 0.723. The van der Waals surface area contributed by atoms with E-state index in [-0.39, 0.29) is 0 Å². The summed E-state index contributed by atoms with van der Waals surface area (Å²) >= 11 is 3.47. The molecule has 0 aliphatic rings. The van der Waals surface area contributed by atoms with Gasteiger partial charge >= 0.3 is 0 Å². The molecule has 0 unspecified atom stereocenters. The van der Waals surface area contributed by atoms with Gasteiger partial charge in [-0.15, -0.1) is 0 Å². The second-order valence-electron chi connectivity index (χ2n) is 4.35. The minimum absolute atomic E-state index is 0.723. The second kappa shape index (κ2) is 4.76. The van der Waals surface area contributed by atoms with Gasteiger partial charge in [-0.25, -0.2) is 4.68 Å². The standard InChI is InChI=1S/C12H17BrN4O/c1-7-10(6-13)12(17(5)14-7)18-11-8(2)15-16(4)9(11)3/h6H2,1-5H3. The highest BCUT2D eigenvalue weighted by Crippen LogP contribution is 2.32. The Balaban J connectivity index is 2.46. The summed E-state index contributed by atoms with van der Waals surface area (Å²) < 4.78 is 9.60. The monoisotopic (exact) mass is 312 g/mol. The number of alkyl halides is 1. The van der Waals surface area contributed by atoms with Crippen molar-refractivity contribution >= 4 is 15.9 Å². The average Bonchev–Trinajstić information content (AvgIpc) is 2.70. The van der Waals surface area contributed by atoms with Crippen molar-refractivity contribution in [1.82, 2.24) is 19.6 Å². The lowest BCUT2D eigenvalue weighted by molar-refractivity contribution is 0.421. The fourth-order valence-corrected chi connectivity index (χ4v) is 2.61. The molecule has 5 nitrogen and oxygen atoms in total. The van der Waals surface area contributed by atoms with Crippen LogP contribution >= 0.6 is 15.9 Å². The first-order valence-electron chi connectivity index (χ1n) is 5.72. The number of hydrogen-bond acceptors (Lipinski definition) is 3. The van der Waals surface area contributed by atoms with E-state index in [0.29, 0.717) is 0 Å². The van der Waals surface area contributed by atoms with Crippen LogP contribution in [0.4, 0.5) is 0 Å². The van der Waals surface area contributed by atoms with Crippen molar-refractivity contribution in [3.05, 3.63) is 22.6 Å². The smallest absolute Gasteiger partial charge is 0.222 e. The fraction of sp³-hybridized carbons (Fsp3) is 0.500. The molecule has 2 aromatic rings. The molecule has 18 heavy (non-hydrogen) atoms. The van der Waals surface area contributed by atoms with E-state index in [4.69, 9.17) is 4.74 Å². The molecular weight excluding hydrogens is 296 g/mol. The summed E-state index contributed by atoms with van der Waals surface area (Å²) in [7, 11) is 3.80. The lowest BCUT2D eigenvalue weighted by Gasteiger charge is -2.07. The molecular formula is C12H17BrN4O. The van der Waals surface area contributed by atoms with Gasteiger partial charge in [0.05, 0.1) is 11.4 Å². The van der Waals surface area contributed by atoms with Gasteiger partial charge in [-0.2, -0.15) is 10.2 Å². The Kier molecular flexibility index (Phi) is 3.47. The molecule has 0 aromatic carbocycles. The second-order valence-corrected chi connectivity index (χ2v) is 4.91. The first-order valence-corrected chi connectivity index (χ1v) is 6.84. The lowest BCUT2D eigenvalue weighted by atomic mass is 10.3. The summed E-state index contributed by atoms with van der Waals surface area (Å²) in [5.41, 5.74) is 3.94. The van der Waals surface area contributed by atoms with Crippen molar-refractivity contribution in [3.8, 4) is 11.6 Å². The number of aromatic nitrogens is 4. The zero-order valence-corrected chi connectivity index (χ0v) is 12.9. The average molecular weight is 313 g/mol. The molecule has 0 saturated carbocycles. The highest BCUT2D eigenvalue weighted by Gasteiger charge is 2.18. The van der Waals surface area contributed by atoms with Gasteiger partial charge in [0.25, 0.3) is 0 Å². The number of hydrogen-bond donors (Lipinski definition) is 0. The summed E-state index contributed by atoms with van der Waals surface area (Å²) in [6, 6.07) is 0. The maximum absolute atomic E-state index is 6.02. The third-order valence-electron chi connectivity index (χ3n) is 3.06.